The molecule has 4 nitrogen and oxygen atoms in total. The summed E-state index contributed by atoms with van der Waals surface area (Å²) < 4.78 is 5.69. The molecule has 20 heavy (non-hydrogen) atoms. The lowest BCUT2D eigenvalue weighted by Crippen LogP contribution is -2.64. The summed E-state index contributed by atoms with van der Waals surface area (Å²) >= 11 is 0. The smallest absolute Gasteiger partial charge is 0.208 e. The van der Waals surface area contributed by atoms with Gasteiger partial charge in [0, 0.05) is 24.7 Å². The zero-order valence-corrected chi connectivity index (χ0v) is 13.1. The SMILES string of the molecule is Cc1cnc(CN2CC(C)(C3CC3)NCC2C(C)C)o1. The van der Waals surface area contributed by atoms with Crippen molar-refractivity contribution < 1.29 is 4.42 Å². The van der Waals surface area contributed by atoms with E-state index in [1.165, 1.54) is 12.8 Å². The number of oxazole rings is 1. The third-order valence-corrected chi connectivity index (χ3v) is 4.97. The second-order valence-electron chi connectivity index (χ2n) is 7.15. The molecule has 1 aliphatic carbocycles. The van der Waals surface area contributed by atoms with Crippen LogP contribution >= 0.6 is 0 Å². The quantitative estimate of drug-likeness (QED) is 0.918. The van der Waals surface area contributed by atoms with Gasteiger partial charge < -0.3 is 9.73 Å². The third kappa shape index (κ3) is 2.77. The molecule has 1 aromatic heterocycles. The lowest BCUT2D eigenvalue weighted by Gasteiger charge is -2.47. The first-order chi connectivity index (χ1) is 9.48. The molecule has 0 radical (unpaired) electrons. The maximum Gasteiger partial charge on any atom is 0.208 e. The Labute approximate surface area is 121 Å². The molecule has 2 atom stereocenters. The monoisotopic (exact) mass is 277 g/mol. The normalized spacial score (nSPS) is 31.9. The Morgan fingerprint density at radius 3 is 2.80 bits per heavy atom. The first-order valence-corrected chi connectivity index (χ1v) is 7.88. The molecule has 0 spiro atoms. The predicted octanol–water partition coefficient (Wildman–Crippen LogP) is 2.58. The average molecular weight is 277 g/mol. The third-order valence-electron chi connectivity index (χ3n) is 4.97. The number of hydrogen-bond donors (Lipinski definition) is 1. The van der Waals surface area contributed by atoms with Crippen molar-refractivity contribution >= 4 is 0 Å². The fraction of sp³-hybridized carbons (Fsp3) is 0.812. The van der Waals surface area contributed by atoms with Crippen molar-refractivity contribution in [3.8, 4) is 0 Å². The Hall–Kier alpha value is -0.870. The minimum atomic E-state index is 0.271. The Morgan fingerprint density at radius 1 is 1.50 bits per heavy atom. The van der Waals surface area contributed by atoms with E-state index in [9.17, 15) is 0 Å². The van der Waals surface area contributed by atoms with Crippen molar-refractivity contribution in [2.75, 3.05) is 13.1 Å². The standard InChI is InChI=1S/C16H27N3O/c1-11(2)14-8-18-16(4,13-5-6-13)10-19(14)9-15-17-7-12(3)20-15/h7,11,13-14,18H,5-6,8-10H2,1-4H3. The topological polar surface area (TPSA) is 41.3 Å². The average Bonchev–Trinajstić information content (AvgIpc) is 3.15. The maximum absolute atomic E-state index is 5.69. The van der Waals surface area contributed by atoms with E-state index >= 15 is 0 Å². The molecule has 0 bridgehead atoms. The zero-order valence-electron chi connectivity index (χ0n) is 13.1. The summed E-state index contributed by atoms with van der Waals surface area (Å²) in [6, 6.07) is 0.564. The molecule has 1 N–H and O–H groups in total. The Morgan fingerprint density at radius 2 is 2.25 bits per heavy atom. The van der Waals surface area contributed by atoms with Crippen LogP contribution < -0.4 is 5.32 Å². The fourth-order valence-corrected chi connectivity index (χ4v) is 3.53. The molecule has 1 aliphatic heterocycles. The van der Waals surface area contributed by atoms with E-state index in [-0.39, 0.29) is 5.54 Å². The summed E-state index contributed by atoms with van der Waals surface area (Å²) in [5, 5.41) is 3.82. The molecule has 1 saturated heterocycles. The Balaban J connectivity index is 1.74. The summed E-state index contributed by atoms with van der Waals surface area (Å²) in [5.41, 5.74) is 0.271. The largest absolute Gasteiger partial charge is 0.445 e. The Kier molecular flexibility index (Phi) is 3.63. The molecule has 0 amide bonds. The number of nitrogens with zero attached hydrogens (tertiary/aromatic N) is 2. The van der Waals surface area contributed by atoms with E-state index in [4.69, 9.17) is 4.42 Å². The highest BCUT2D eigenvalue weighted by Gasteiger charge is 2.46. The molecular weight excluding hydrogens is 250 g/mol. The van der Waals surface area contributed by atoms with E-state index in [2.05, 4.69) is 36.0 Å². The highest BCUT2D eigenvalue weighted by Crippen LogP contribution is 2.42. The predicted molar refractivity (Wildman–Crippen MR) is 79.4 cm³/mol. The van der Waals surface area contributed by atoms with Gasteiger partial charge in [0.1, 0.15) is 5.76 Å². The molecular formula is C16H27N3O. The summed E-state index contributed by atoms with van der Waals surface area (Å²) in [6.07, 6.45) is 4.57. The number of aromatic nitrogens is 1. The molecule has 3 rings (SSSR count). The number of aryl methyl sites for hydroxylation is 1. The van der Waals surface area contributed by atoms with Crippen LogP contribution in [0.5, 0.6) is 0 Å². The van der Waals surface area contributed by atoms with Gasteiger partial charge in [-0.05, 0) is 38.5 Å². The summed E-state index contributed by atoms with van der Waals surface area (Å²) in [4.78, 5) is 6.96. The van der Waals surface area contributed by atoms with Gasteiger partial charge in [-0.3, -0.25) is 4.90 Å². The van der Waals surface area contributed by atoms with Crippen LogP contribution in [-0.2, 0) is 6.54 Å². The van der Waals surface area contributed by atoms with Gasteiger partial charge in [0.15, 0.2) is 0 Å². The maximum atomic E-state index is 5.69. The van der Waals surface area contributed by atoms with Crippen LogP contribution in [0.1, 0.15) is 45.3 Å². The van der Waals surface area contributed by atoms with Gasteiger partial charge in [-0.1, -0.05) is 13.8 Å². The molecule has 2 unspecified atom stereocenters. The van der Waals surface area contributed by atoms with E-state index in [1.54, 1.807) is 0 Å². The second-order valence-corrected chi connectivity index (χ2v) is 7.15. The minimum Gasteiger partial charge on any atom is -0.445 e. The van der Waals surface area contributed by atoms with Crippen LogP contribution in [0.15, 0.2) is 10.6 Å². The summed E-state index contributed by atoms with van der Waals surface area (Å²) in [5.74, 6) is 3.25. The van der Waals surface area contributed by atoms with Gasteiger partial charge in [0.25, 0.3) is 0 Å². The molecule has 1 aromatic rings. The second kappa shape index (κ2) is 5.15. The number of hydrogen-bond acceptors (Lipinski definition) is 4. The van der Waals surface area contributed by atoms with Crippen LogP contribution in [0.25, 0.3) is 0 Å². The van der Waals surface area contributed by atoms with Gasteiger partial charge in [-0.15, -0.1) is 0 Å². The van der Waals surface area contributed by atoms with Crippen LogP contribution in [0, 0.1) is 18.8 Å². The number of piperazine rings is 1. The zero-order chi connectivity index (χ0) is 14.3. The highest BCUT2D eigenvalue weighted by atomic mass is 16.4. The molecule has 2 fully saturated rings. The van der Waals surface area contributed by atoms with E-state index in [0.29, 0.717) is 12.0 Å². The molecule has 2 heterocycles. The lowest BCUT2D eigenvalue weighted by atomic mass is 9.88. The molecule has 112 valence electrons. The van der Waals surface area contributed by atoms with Gasteiger partial charge in [-0.2, -0.15) is 0 Å². The van der Waals surface area contributed by atoms with Crippen molar-refractivity contribution in [1.82, 2.24) is 15.2 Å². The van der Waals surface area contributed by atoms with E-state index in [0.717, 1.165) is 37.2 Å². The lowest BCUT2D eigenvalue weighted by molar-refractivity contribution is 0.0398. The van der Waals surface area contributed by atoms with Gasteiger partial charge in [0.05, 0.1) is 12.7 Å². The van der Waals surface area contributed by atoms with Crippen LogP contribution in [-0.4, -0.2) is 34.6 Å². The molecule has 4 heteroatoms. The van der Waals surface area contributed by atoms with Crippen LogP contribution in [0.2, 0.25) is 0 Å². The van der Waals surface area contributed by atoms with Crippen LogP contribution in [0.4, 0.5) is 0 Å². The summed E-state index contributed by atoms with van der Waals surface area (Å²) in [7, 11) is 0. The van der Waals surface area contributed by atoms with Crippen molar-refractivity contribution in [3.63, 3.8) is 0 Å². The van der Waals surface area contributed by atoms with E-state index < -0.39 is 0 Å². The van der Waals surface area contributed by atoms with Gasteiger partial charge in [-0.25, -0.2) is 4.98 Å². The van der Waals surface area contributed by atoms with Crippen molar-refractivity contribution in [2.24, 2.45) is 11.8 Å². The molecule has 0 aromatic carbocycles. The Bertz CT molecular complexity index is 466. The number of rotatable bonds is 4. The first kappa shape index (κ1) is 14.1. The van der Waals surface area contributed by atoms with Gasteiger partial charge in [0.2, 0.25) is 5.89 Å². The van der Waals surface area contributed by atoms with Crippen molar-refractivity contribution in [2.45, 2.75) is 58.7 Å². The summed E-state index contributed by atoms with van der Waals surface area (Å²) in [6.45, 7) is 12.0. The molecule has 1 saturated carbocycles. The van der Waals surface area contributed by atoms with Crippen LogP contribution in [0.3, 0.4) is 0 Å². The highest BCUT2D eigenvalue weighted by molar-refractivity contribution is 5.05. The van der Waals surface area contributed by atoms with Crippen molar-refractivity contribution in [3.05, 3.63) is 17.8 Å². The fourth-order valence-electron chi connectivity index (χ4n) is 3.53. The van der Waals surface area contributed by atoms with Gasteiger partial charge >= 0.3 is 0 Å². The molecule has 2 aliphatic rings. The van der Waals surface area contributed by atoms with Crippen molar-refractivity contribution in [1.29, 1.82) is 0 Å². The minimum absolute atomic E-state index is 0.271. The first-order valence-electron chi connectivity index (χ1n) is 7.88. The number of nitrogens with one attached hydrogen (secondary N) is 1. The van der Waals surface area contributed by atoms with E-state index in [1.807, 2.05) is 13.1 Å².